The number of nitrogens with zero attached hydrogens (tertiary/aromatic N) is 2. The second-order valence-electron chi connectivity index (χ2n) is 5.66. The van der Waals surface area contributed by atoms with E-state index in [1.54, 1.807) is 0 Å². The Morgan fingerprint density at radius 2 is 2.35 bits per heavy atom. The number of aromatic nitrogens is 2. The lowest BCUT2D eigenvalue weighted by Crippen LogP contribution is -2.35. The maximum absolute atomic E-state index is 10.7. The zero-order valence-corrected chi connectivity index (χ0v) is 11.2. The summed E-state index contributed by atoms with van der Waals surface area (Å²) in [5.74, 6) is 0.451. The Labute approximate surface area is 104 Å². The summed E-state index contributed by atoms with van der Waals surface area (Å²) in [5, 5.41) is 15.2. The molecule has 1 aliphatic carbocycles. The van der Waals surface area contributed by atoms with Gasteiger partial charge in [0.25, 0.3) is 0 Å². The van der Waals surface area contributed by atoms with Crippen LogP contribution in [0.1, 0.15) is 58.2 Å². The predicted octanol–water partition coefficient (Wildman–Crippen LogP) is 2.95. The lowest BCUT2D eigenvalue weighted by molar-refractivity contribution is 0.000492. The SMILES string of the molecule is CCC1CCCC1(O)Cc1ccn(C(C)C)n1. The normalized spacial score (nSPS) is 29.1. The molecular weight excluding hydrogens is 212 g/mol. The van der Waals surface area contributed by atoms with Gasteiger partial charge >= 0.3 is 0 Å². The maximum Gasteiger partial charge on any atom is 0.0731 e. The molecule has 1 saturated carbocycles. The first-order valence-electron chi connectivity index (χ1n) is 6.81. The molecule has 0 aliphatic heterocycles. The number of hydrogen-bond acceptors (Lipinski definition) is 2. The van der Waals surface area contributed by atoms with Gasteiger partial charge in [-0.2, -0.15) is 5.10 Å². The van der Waals surface area contributed by atoms with Gasteiger partial charge in [-0.3, -0.25) is 4.68 Å². The minimum Gasteiger partial charge on any atom is -0.389 e. The number of hydrogen-bond donors (Lipinski definition) is 1. The Hall–Kier alpha value is -0.830. The van der Waals surface area contributed by atoms with Crippen molar-refractivity contribution in [3.63, 3.8) is 0 Å². The molecule has 1 aromatic rings. The zero-order valence-electron chi connectivity index (χ0n) is 11.2. The van der Waals surface area contributed by atoms with Crippen molar-refractivity contribution in [2.45, 2.75) is 64.5 Å². The Morgan fingerprint density at radius 3 is 2.94 bits per heavy atom. The van der Waals surface area contributed by atoms with Crippen LogP contribution in [0.4, 0.5) is 0 Å². The standard InChI is InChI=1S/C14H24N2O/c1-4-12-6-5-8-14(12,17)10-13-7-9-16(15-13)11(2)3/h7,9,11-12,17H,4-6,8,10H2,1-3H3. The molecule has 1 aromatic heterocycles. The predicted molar refractivity (Wildman–Crippen MR) is 68.9 cm³/mol. The molecule has 0 bridgehead atoms. The van der Waals surface area contributed by atoms with Crippen molar-refractivity contribution >= 4 is 0 Å². The van der Waals surface area contributed by atoms with E-state index in [1.165, 1.54) is 0 Å². The minimum atomic E-state index is -0.509. The highest BCUT2D eigenvalue weighted by molar-refractivity contribution is 5.07. The van der Waals surface area contributed by atoms with Crippen LogP contribution in [0.25, 0.3) is 0 Å². The van der Waals surface area contributed by atoms with Gasteiger partial charge in [0.05, 0.1) is 11.3 Å². The van der Waals surface area contributed by atoms with Gasteiger partial charge in [0, 0.05) is 18.7 Å². The molecule has 1 N–H and O–H groups in total. The first-order valence-corrected chi connectivity index (χ1v) is 6.81. The average Bonchev–Trinajstić information content (AvgIpc) is 2.85. The van der Waals surface area contributed by atoms with Gasteiger partial charge in [-0.15, -0.1) is 0 Å². The van der Waals surface area contributed by atoms with Crippen LogP contribution >= 0.6 is 0 Å². The third-order valence-electron chi connectivity index (χ3n) is 4.09. The lowest BCUT2D eigenvalue weighted by atomic mass is 9.85. The van der Waals surface area contributed by atoms with E-state index in [-0.39, 0.29) is 0 Å². The average molecular weight is 236 g/mol. The van der Waals surface area contributed by atoms with Crippen LogP contribution in [0.2, 0.25) is 0 Å². The quantitative estimate of drug-likeness (QED) is 0.872. The zero-order chi connectivity index (χ0) is 12.5. The highest BCUT2D eigenvalue weighted by atomic mass is 16.3. The van der Waals surface area contributed by atoms with Gasteiger partial charge in [0.2, 0.25) is 0 Å². The molecule has 0 saturated heterocycles. The van der Waals surface area contributed by atoms with Gasteiger partial charge in [0.15, 0.2) is 0 Å². The fourth-order valence-electron chi connectivity index (χ4n) is 3.02. The molecule has 0 aromatic carbocycles. The molecule has 2 atom stereocenters. The molecule has 1 aliphatic rings. The van der Waals surface area contributed by atoms with Crippen molar-refractivity contribution in [1.82, 2.24) is 9.78 Å². The van der Waals surface area contributed by atoms with Gasteiger partial charge < -0.3 is 5.11 Å². The molecule has 3 heteroatoms. The van der Waals surface area contributed by atoms with E-state index in [0.29, 0.717) is 18.4 Å². The molecule has 3 nitrogen and oxygen atoms in total. The van der Waals surface area contributed by atoms with E-state index in [9.17, 15) is 5.11 Å². The first kappa shape index (κ1) is 12.6. The van der Waals surface area contributed by atoms with Crippen LogP contribution in [-0.2, 0) is 6.42 Å². The second-order valence-corrected chi connectivity index (χ2v) is 5.66. The highest BCUT2D eigenvalue weighted by Gasteiger charge is 2.40. The fourth-order valence-corrected chi connectivity index (χ4v) is 3.02. The maximum atomic E-state index is 10.7. The van der Waals surface area contributed by atoms with E-state index in [2.05, 4.69) is 25.9 Å². The smallest absolute Gasteiger partial charge is 0.0731 e. The summed E-state index contributed by atoms with van der Waals surface area (Å²) in [6.07, 6.45) is 7.05. The van der Waals surface area contributed by atoms with Crippen LogP contribution in [0.5, 0.6) is 0 Å². The summed E-state index contributed by atoms with van der Waals surface area (Å²) in [6, 6.07) is 2.44. The lowest BCUT2D eigenvalue weighted by Gasteiger charge is -2.28. The van der Waals surface area contributed by atoms with Crippen LogP contribution < -0.4 is 0 Å². The van der Waals surface area contributed by atoms with E-state index >= 15 is 0 Å². The fraction of sp³-hybridized carbons (Fsp3) is 0.786. The van der Waals surface area contributed by atoms with Crippen molar-refractivity contribution in [1.29, 1.82) is 0 Å². The van der Waals surface area contributed by atoms with E-state index < -0.39 is 5.60 Å². The van der Waals surface area contributed by atoms with Gasteiger partial charge in [-0.05, 0) is 38.7 Å². The summed E-state index contributed by atoms with van der Waals surface area (Å²) >= 11 is 0. The van der Waals surface area contributed by atoms with E-state index in [4.69, 9.17) is 0 Å². The number of rotatable bonds is 4. The molecular formula is C14H24N2O. The van der Waals surface area contributed by atoms with Crippen molar-refractivity contribution in [2.75, 3.05) is 0 Å². The van der Waals surface area contributed by atoms with E-state index in [1.807, 2.05) is 16.9 Å². The molecule has 17 heavy (non-hydrogen) atoms. The first-order chi connectivity index (χ1) is 8.05. The highest BCUT2D eigenvalue weighted by Crippen LogP contribution is 2.39. The number of aliphatic hydroxyl groups is 1. The molecule has 0 amide bonds. The summed E-state index contributed by atoms with van der Waals surface area (Å²) in [6.45, 7) is 6.42. The summed E-state index contributed by atoms with van der Waals surface area (Å²) in [4.78, 5) is 0. The Kier molecular flexibility index (Phi) is 3.57. The second kappa shape index (κ2) is 4.81. The van der Waals surface area contributed by atoms with Crippen LogP contribution in [-0.4, -0.2) is 20.5 Å². The third kappa shape index (κ3) is 2.54. The monoisotopic (exact) mass is 236 g/mol. The van der Waals surface area contributed by atoms with Crippen molar-refractivity contribution < 1.29 is 5.11 Å². The summed E-state index contributed by atoms with van der Waals surface area (Å²) < 4.78 is 1.97. The molecule has 2 rings (SSSR count). The van der Waals surface area contributed by atoms with Gasteiger partial charge in [-0.25, -0.2) is 0 Å². The van der Waals surface area contributed by atoms with Crippen molar-refractivity contribution in [3.05, 3.63) is 18.0 Å². The van der Waals surface area contributed by atoms with Gasteiger partial charge in [0.1, 0.15) is 0 Å². The summed E-state index contributed by atoms with van der Waals surface area (Å²) in [7, 11) is 0. The molecule has 0 radical (unpaired) electrons. The van der Waals surface area contributed by atoms with Crippen LogP contribution in [0, 0.1) is 5.92 Å². The van der Waals surface area contributed by atoms with Gasteiger partial charge in [-0.1, -0.05) is 19.8 Å². The topological polar surface area (TPSA) is 38.0 Å². The molecule has 1 heterocycles. The van der Waals surface area contributed by atoms with Crippen LogP contribution in [0.3, 0.4) is 0 Å². The largest absolute Gasteiger partial charge is 0.389 e. The minimum absolute atomic E-state index is 0.393. The van der Waals surface area contributed by atoms with E-state index in [0.717, 1.165) is 31.4 Å². The molecule has 96 valence electrons. The molecule has 2 unspecified atom stereocenters. The summed E-state index contributed by atoms with van der Waals surface area (Å²) in [5.41, 5.74) is 0.520. The molecule has 0 spiro atoms. The Morgan fingerprint density at radius 1 is 1.59 bits per heavy atom. The Balaban J connectivity index is 2.08. The van der Waals surface area contributed by atoms with Crippen molar-refractivity contribution in [2.24, 2.45) is 5.92 Å². The van der Waals surface area contributed by atoms with Crippen molar-refractivity contribution in [3.8, 4) is 0 Å². The third-order valence-corrected chi connectivity index (χ3v) is 4.09. The molecule has 1 fully saturated rings. The van der Waals surface area contributed by atoms with Crippen LogP contribution in [0.15, 0.2) is 12.3 Å². The Bertz CT molecular complexity index is 372.